The largest absolute Gasteiger partial charge is 0.488 e. The van der Waals surface area contributed by atoms with Crippen LogP contribution in [0.3, 0.4) is 0 Å². The van der Waals surface area contributed by atoms with Crippen LogP contribution in [0.2, 0.25) is 0 Å². The smallest absolute Gasteiger partial charge is 0.423 e. The highest BCUT2D eigenvalue weighted by Crippen LogP contribution is 2.36. The topological polar surface area (TPSA) is 45.4 Å². The summed E-state index contributed by atoms with van der Waals surface area (Å²) in [5.41, 5.74) is 3.64. The molecule has 1 heterocycles. The molecule has 0 bridgehead atoms. The fraction of sp³-hybridized carbons (Fsp3) is 0. The van der Waals surface area contributed by atoms with Crippen molar-refractivity contribution in [3.63, 3.8) is 0 Å². The number of hydrogen-bond acceptors (Lipinski definition) is 2. The number of hydrogen-bond donors (Lipinski definition) is 2. The molecule has 26 heavy (non-hydrogen) atoms. The lowest BCUT2D eigenvalue weighted by molar-refractivity contribution is 0.426. The van der Waals surface area contributed by atoms with Crippen LogP contribution in [0, 0.1) is 0 Å². The van der Waals surface area contributed by atoms with Gasteiger partial charge >= 0.3 is 7.12 Å². The molecule has 5 aromatic rings. The van der Waals surface area contributed by atoms with Crippen LogP contribution in [-0.4, -0.2) is 21.7 Å². The molecule has 4 aromatic carbocycles. The van der Waals surface area contributed by atoms with E-state index in [0.29, 0.717) is 5.46 Å². The molecule has 5 rings (SSSR count). The van der Waals surface area contributed by atoms with Crippen molar-refractivity contribution in [2.75, 3.05) is 0 Å². The molecule has 0 aliphatic carbocycles. The maximum atomic E-state index is 9.64. The monoisotopic (exact) mass is 337 g/mol. The zero-order chi connectivity index (χ0) is 17.7. The SMILES string of the molecule is OB(O)c1ccc2c3ccc4ccccc4c3n(-c3ccccc3)c2c1. The molecule has 4 heteroatoms. The van der Waals surface area contributed by atoms with Gasteiger partial charge in [0.15, 0.2) is 0 Å². The molecule has 0 saturated heterocycles. The van der Waals surface area contributed by atoms with Gasteiger partial charge in [0.05, 0.1) is 11.0 Å². The summed E-state index contributed by atoms with van der Waals surface area (Å²) in [6.45, 7) is 0. The van der Waals surface area contributed by atoms with Crippen molar-refractivity contribution >= 4 is 45.2 Å². The van der Waals surface area contributed by atoms with Crippen molar-refractivity contribution < 1.29 is 10.0 Å². The highest BCUT2D eigenvalue weighted by molar-refractivity contribution is 6.59. The summed E-state index contributed by atoms with van der Waals surface area (Å²) < 4.78 is 2.21. The molecule has 0 aliphatic heterocycles. The van der Waals surface area contributed by atoms with Gasteiger partial charge in [-0.15, -0.1) is 0 Å². The van der Waals surface area contributed by atoms with Crippen molar-refractivity contribution in [1.29, 1.82) is 0 Å². The van der Waals surface area contributed by atoms with Crippen molar-refractivity contribution in [2.45, 2.75) is 0 Å². The van der Waals surface area contributed by atoms with E-state index in [0.717, 1.165) is 27.5 Å². The molecule has 0 unspecified atom stereocenters. The highest BCUT2D eigenvalue weighted by atomic mass is 16.4. The average molecular weight is 337 g/mol. The Morgan fingerprint density at radius 2 is 1.38 bits per heavy atom. The highest BCUT2D eigenvalue weighted by Gasteiger charge is 2.18. The van der Waals surface area contributed by atoms with Crippen molar-refractivity contribution in [2.24, 2.45) is 0 Å². The molecular formula is C22H16BNO2. The Bertz CT molecular complexity index is 1260. The zero-order valence-electron chi connectivity index (χ0n) is 14.0. The minimum atomic E-state index is -1.49. The first-order valence-corrected chi connectivity index (χ1v) is 8.61. The van der Waals surface area contributed by atoms with E-state index in [1.54, 1.807) is 6.07 Å². The van der Waals surface area contributed by atoms with Gasteiger partial charge in [-0.1, -0.05) is 66.7 Å². The van der Waals surface area contributed by atoms with Crippen LogP contribution in [-0.2, 0) is 0 Å². The van der Waals surface area contributed by atoms with E-state index in [1.165, 1.54) is 10.8 Å². The van der Waals surface area contributed by atoms with Gasteiger partial charge in [-0.25, -0.2) is 0 Å². The second-order valence-electron chi connectivity index (χ2n) is 6.50. The van der Waals surface area contributed by atoms with E-state index in [2.05, 4.69) is 47.0 Å². The Kier molecular flexibility index (Phi) is 3.35. The minimum Gasteiger partial charge on any atom is -0.423 e. The summed E-state index contributed by atoms with van der Waals surface area (Å²) in [6, 6.07) is 28.4. The fourth-order valence-corrected chi connectivity index (χ4v) is 3.80. The van der Waals surface area contributed by atoms with Crippen LogP contribution in [0.1, 0.15) is 0 Å². The van der Waals surface area contributed by atoms with Gasteiger partial charge in [0.2, 0.25) is 0 Å². The number of fused-ring (bicyclic) bond motifs is 5. The lowest BCUT2D eigenvalue weighted by atomic mass is 9.80. The standard InChI is InChI=1S/C22H16BNO2/c25-23(26)16-11-13-19-20-12-10-15-6-4-5-9-18(15)22(20)24(21(19)14-16)17-7-2-1-3-8-17/h1-14,25-26H. The summed E-state index contributed by atoms with van der Waals surface area (Å²) in [5.74, 6) is 0. The van der Waals surface area contributed by atoms with E-state index in [4.69, 9.17) is 0 Å². The fourth-order valence-electron chi connectivity index (χ4n) is 3.80. The van der Waals surface area contributed by atoms with Gasteiger partial charge in [-0.2, -0.15) is 0 Å². The lowest BCUT2D eigenvalue weighted by Crippen LogP contribution is -2.29. The van der Waals surface area contributed by atoms with Gasteiger partial charge in [0, 0.05) is 21.8 Å². The Hall–Kier alpha value is -3.08. The first-order valence-electron chi connectivity index (χ1n) is 8.61. The maximum Gasteiger partial charge on any atom is 0.488 e. The van der Waals surface area contributed by atoms with Crippen LogP contribution >= 0.6 is 0 Å². The predicted molar refractivity (Wildman–Crippen MR) is 108 cm³/mol. The summed E-state index contributed by atoms with van der Waals surface area (Å²) in [6.07, 6.45) is 0. The van der Waals surface area contributed by atoms with Gasteiger partial charge in [0.1, 0.15) is 0 Å². The van der Waals surface area contributed by atoms with Crippen molar-refractivity contribution in [3.8, 4) is 5.69 Å². The molecule has 0 fully saturated rings. The second kappa shape index (κ2) is 5.73. The van der Waals surface area contributed by atoms with Crippen molar-refractivity contribution in [1.82, 2.24) is 4.57 Å². The first-order chi connectivity index (χ1) is 12.7. The molecule has 3 nitrogen and oxygen atoms in total. The predicted octanol–water partition coefficient (Wildman–Crippen LogP) is 3.62. The Labute approximate surface area is 150 Å². The third kappa shape index (κ3) is 2.17. The third-order valence-electron chi connectivity index (χ3n) is 4.99. The van der Waals surface area contributed by atoms with E-state index in [9.17, 15) is 10.0 Å². The quantitative estimate of drug-likeness (QED) is 0.483. The molecule has 0 atom stereocenters. The molecule has 124 valence electrons. The second-order valence-corrected chi connectivity index (χ2v) is 6.50. The van der Waals surface area contributed by atoms with Crippen LogP contribution in [0.4, 0.5) is 0 Å². The maximum absolute atomic E-state index is 9.64. The molecule has 0 amide bonds. The Morgan fingerprint density at radius 3 is 2.19 bits per heavy atom. The summed E-state index contributed by atoms with van der Waals surface area (Å²) in [4.78, 5) is 0. The molecule has 0 saturated carbocycles. The number of aromatic nitrogens is 1. The number of nitrogens with zero attached hydrogens (tertiary/aromatic N) is 1. The Morgan fingerprint density at radius 1 is 0.654 bits per heavy atom. The van der Waals surface area contributed by atoms with Crippen LogP contribution in [0.25, 0.3) is 38.3 Å². The normalized spacial score (nSPS) is 11.5. The molecule has 0 radical (unpaired) electrons. The van der Waals surface area contributed by atoms with Gasteiger partial charge in [-0.3, -0.25) is 0 Å². The van der Waals surface area contributed by atoms with E-state index < -0.39 is 7.12 Å². The van der Waals surface area contributed by atoms with Crippen LogP contribution in [0.15, 0.2) is 84.9 Å². The van der Waals surface area contributed by atoms with Crippen molar-refractivity contribution in [3.05, 3.63) is 84.9 Å². The zero-order valence-corrected chi connectivity index (χ0v) is 14.0. The van der Waals surface area contributed by atoms with Gasteiger partial charge in [0.25, 0.3) is 0 Å². The number of rotatable bonds is 2. The lowest BCUT2D eigenvalue weighted by Gasteiger charge is -2.10. The van der Waals surface area contributed by atoms with Gasteiger partial charge in [-0.05, 0) is 29.0 Å². The van der Waals surface area contributed by atoms with Gasteiger partial charge < -0.3 is 14.6 Å². The molecule has 1 aromatic heterocycles. The Balaban J connectivity index is 2.04. The molecule has 0 spiro atoms. The first kappa shape index (κ1) is 15.2. The van der Waals surface area contributed by atoms with E-state index in [1.807, 2.05) is 36.4 Å². The van der Waals surface area contributed by atoms with Crippen LogP contribution < -0.4 is 5.46 Å². The number of benzene rings is 4. The summed E-state index contributed by atoms with van der Waals surface area (Å²) in [7, 11) is -1.49. The molecule has 2 N–H and O–H groups in total. The summed E-state index contributed by atoms with van der Waals surface area (Å²) >= 11 is 0. The average Bonchev–Trinajstić information content (AvgIpc) is 3.02. The minimum absolute atomic E-state index is 0.488. The van der Waals surface area contributed by atoms with E-state index >= 15 is 0 Å². The number of para-hydroxylation sites is 1. The third-order valence-corrected chi connectivity index (χ3v) is 4.99. The molecule has 0 aliphatic rings. The van der Waals surface area contributed by atoms with E-state index in [-0.39, 0.29) is 0 Å². The molecular weight excluding hydrogens is 321 g/mol. The van der Waals surface area contributed by atoms with Crippen LogP contribution in [0.5, 0.6) is 0 Å². The summed E-state index contributed by atoms with van der Waals surface area (Å²) in [5, 5.41) is 23.9.